The number of aliphatic hydroxyl groups is 1. The van der Waals surface area contributed by atoms with Crippen LogP contribution in [0.1, 0.15) is 16.8 Å². The van der Waals surface area contributed by atoms with E-state index in [-0.39, 0.29) is 24.0 Å². The third-order valence-corrected chi connectivity index (χ3v) is 5.68. The number of halogens is 2. The van der Waals surface area contributed by atoms with E-state index in [1.807, 2.05) is 36.2 Å². The molecule has 2 aromatic carbocycles. The molecule has 3 heterocycles. The molecule has 0 radical (unpaired) electrons. The molecule has 1 atom stereocenters. The summed E-state index contributed by atoms with van der Waals surface area (Å²) in [7, 11) is 3.41. The third-order valence-electron chi connectivity index (χ3n) is 5.68. The Morgan fingerprint density at radius 1 is 1.27 bits per heavy atom. The molecule has 156 valence electrons. The highest BCUT2D eigenvalue weighted by atomic mass is 35.5. The van der Waals surface area contributed by atoms with Crippen molar-refractivity contribution in [2.75, 3.05) is 25.6 Å². The molecular weight excluding hydrogens is 405 g/mol. The summed E-state index contributed by atoms with van der Waals surface area (Å²) < 4.78 is 19.3. The van der Waals surface area contributed by atoms with Gasteiger partial charge in [0.05, 0.1) is 24.4 Å². The third kappa shape index (κ3) is 3.26. The number of benzene rings is 2. The Balaban J connectivity index is 0.00000218. The number of pyridine rings is 1. The minimum Gasteiger partial charge on any atom is -0.494 e. The van der Waals surface area contributed by atoms with Crippen molar-refractivity contribution in [1.29, 1.82) is 0 Å². The van der Waals surface area contributed by atoms with Crippen LogP contribution in [-0.4, -0.2) is 41.9 Å². The lowest BCUT2D eigenvalue weighted by molar-refractivity contribution is 0.177. The van der Waals surface area contributed by atoms with Crippen molar-refractivity contribution in [2.45, 2.75) is 18.9 Å². The van der Waals surface area contributed by atoms with Crippen molar-refractivity contribution < 1.29 is 14.2 Å². The van der Waals surface area contributed by atoms with Gasteiger partial charge < -0.3 is 19.7 Å². The zero-order valence-electron chi connectivity index (χ0n) is 16.8. The van der Waals surface area contributed by atoms with Gasteiger partial charge in [0.1, 0.15) is 5.82 Å². The maximum atomic E-state index is 14.2. The predicted molar refractivity (Wildman–Crippen MR) is 120 cm³/mol. The number of hydrogen-bond acceptors (Lipinski definition) is 4. The fourth-order valence-electron chi connectivity index (χ4n) is 4.39. The summed E-state index contributed by atoms with van der Waals surface area (Å²) in [6, 6.07) is 13.2. The van der Waals surface area contributed by atoms with E-state index in [1.165, 1.54) is 13.2 Å². The van der Waals surface area contributed by atoms with Crippen LogP contribution in [0.5, 0.6) is 5.75 Å². The molecule has 2 N–H and O–H groups in total. The maximum absolute atomic E-state index is 14.2. The van der Waals surface area contributed by atoms with E-state index in [9.17, 15) is 9.50 Å². The second-order valence-electron chi connectivity index (χ2n) is 7.67. The summed E-state index contributed by atoms with van der Waals surface area (Å²) >= 11 is 0. The smallest absolute Gasteiger partial charge is 0.165 e. The minimum absolute atomic E-state index is 0. The first-order valence-corrected chi connectivity index (χ1v) is 9.69. The van der Waals surface area contributed by atoms with Gasteiger partial charge in [0.15, 0.2) is 11.6 Å². The number of nitrogens with zero attached hydrogens (tertiary/aromatic N) is 2. The van der Waals surface area contributed by atoms with Gasteiger partial charge in [-0.25, -0.2) is 9.37 Å². The van der Waals surface area contributed by atoms with Crippen molar-refractivity contribution in [3.8, 4) is 5.75 Å². The largest absolute Gasteiger partial charge is 0.494 e. The number of methoxy groups -OCH3 is 1. The Morgan fingerprint density at radius 2 is 2.07 bits per heavy atom. The van der Waals surface area contributed by atoms with Gasteiger partial charge in [-0.1, -0.05) is 24.3 Å². The van der Waals surface area contributed by atoms with Crippen LogP contribution in [0.3, 0.4) is 0 Å². The number of nitrogens with one attached hydrogen (secondary N) is 1. The second-order valence-corrected chi connectivity index (χ2v) is 7.67. The Bertz CT molecular complexity index is 1240. The van der Waals surface area contributed by atoms with Gasteiger partial charge in [0.2, 0.25) is 0 Å². The first-order valence-electron chi connectivity index (χ1n) is 9.69. The monoisotopic (exact) mass is 427 g/mol. The highest BCUT2D eigenvalue weighted by Gasteiger charge is 2.27. The topological polar surface area (TPSA) is 61.4 Å². The van der Waals surface area contributed by atoms with Crippen molar-refractivity contribution in [2.24, 2.45) is 0 Å². The number of ether oxygens (including phenoxy) is 1. The number of para-hydroxylation sites is 1. The molecule has 0 aliphatic carbocycles. The first kappa shape index (κ1) is 20.4. The lowest BCUT2D eigenvalue weighted by Crippen LogP contribution is -2.36. The van der Waals surface area contributed by atoms with E-state index in [0.717, 1.165) is 44.4 Å². The van der Waals surface area contributed by atoms with E-state index in [0.29, 0.717) is 19.4 Å². The first-order chi connectivity index (χ1) is 14.0. The number of aliphatic hydroxyl groups excluding tert-OH is 1. The number of likely N-dealkylation sites (N-methyl/N-ethyl adjacent to an activating group) is 1. The molecule has 5 rings (SSSR count). The molecule has 2 aromatic heterocycles. The highest BCUT2D eigenvalue weighted by Crippen LogP contribution is 2.38. The van der Waals surface area contributed by atoms with E-state index >= 15 is 0 Å². The molecule has 0 amide bonds. The number of fused-ring (bicyclic) bond motifs is 5. The number of hydrogen-bond donors (Lipinski definition) is 2. The van der Waals surface area contributed by atoms with Gasteiger partial charge in [-0.2, -0.15) is 0 Å². The Kier molecular flexibility index (Phi) is 5.30. The van der Waals surface area contributed by atoms with E-state index < -0.39 is 6.10 Å². The number of aromatic nitrogens is 2. The zero-order chi connectivity index (χ0) is 20.1. The molecule has 0 saturated heterocycles. The Hall–Kier alpha value is -2.83. The summed E-state index contributed by atoms with van der Waals surface area (Å²) in [4.78, 5) is 10.5. The molecule has 1 aliphatic heterocycles. The summed E-state index contributed by atoms with van der Waals surface area (Å²) in [6.07, 6.45) is 0.642. The van der Waals surface area contributed by atoms with Crippen LogP contribution in [-0.2, 0) is 12.8 Å². The fraction of sp³-hybridized carbons (Fsp3) is 0.261. The van der Waals surface area contributed by atoms with Crippen molar-refractivity contribution in [3.63, 3.8) is 0 Å². The van der Waals surface area contributed by atoms with Gasteiger partial charge in [-0.3, -0.25) is 0 Å². The molecule has 4 aromatic rings. The number of rotatable bonds is 3. The van der Waals surface area contributed by atoms with Gasteiger partial charge >= 0.3 is 0 Å². The van der Waals surface area contributed by atoms with Crippen LogP contribution in [0.25, 0.3) is 21.8 Å². The van der Waals surface area contributed by atoms with Gasteiger partial charge in [0.25, 0.3) is 0 Å². The summed E-state index contributed by atoms with van der Waals surface area (Å²) in [6.45, 7) is 0.546. The predicted octanol–water partition coefficient (Wildman–Crippen LogP) is 4.23. The summed E-state index contributed by atoms with van der Waals surface area (Å²) in [5.41, 5.74) is 4.73. The molecule has 0 saturated carbocycles. The molecule has 0 bridgehead atoms. The minimum atomic E-state index is -0.423. The number of aromatic amines is 1. The van der Waals surface area contributed by atoms with Crippen LogP contribution >= 0.6 is 12.4 Å². The van der Waals surface area contributed by atoms with Crippen LogP contribution in [0.2, 0.25) is 0 Å². The average Bonchev–Trinajstić information content (AvgIpc) is 3.09. The van der Waals surface area contributed by atoms with Gasteiger partial charge in [-0.05, 0) is 23.8 Å². The van der Waals surface area contributed by atoms with Crippen LogP contribution in [0.4, 0.5) is 10.2 Å². The standard InChI is InChI=1S/C23H22FN3O2.ClH/c1-27-12-14(28)11-16-21-15-5-3-4-6-18(15)25-22(21)19(26-23(16)27)10-13-7-8-20(29-2)17(24)9-13;/h3-9,14,25,28H,10-12H2,1-2H3;1H. The molecule has 30 heavy (non-hydrogen) atoms. The number of anilines is 1. The van der Waals surface area contributed by atoms with Crippen LogP contribution in [0.15, 0.2) is 42.5 Å². The molecule has 1 unspecified atom stereocenters. The van der Waals surface area contributed by atoms with E-state index in [2.05, 4.69) is 11.1 Å². The SMILES string of the molecule is COc1ccc(Cc2nc3c(c4c2[nH]c2ccccc24)CC(O)CN3C)cc1F.Cl. The van der Waals surface area contributed by atoms with Crippen LogP contribution < -0.4 is 9.64 Å². The quantitative estimate of drug-likeness (QED) is 0.513. The van der Waals surface area contributed by atoms with Crippen molar-refractivity contribution in [3.05, 3.63) is 65.1 Å². The number of β-amino-alcohol motifs (C(OH)–C–C–N with tert-alkyl or cyclic N) is 1. The van der Waals surface area contributed by atoms with E-state index in [4.69, 9.17) is 9.72 Å². The lowest BCUT2D eigenvalue weighted by atomic mass is 9.96. The molecular formula is C23H23ClFN3O2. The van der Waals surface area contributed by atoms with Crippen molar-refractivity contribution in [1.82, 2.24) is 9.97 Å². The second kappa shape index (κ2) is 7.78. The zero-order valence-corrected chi connectivity index (χ0v) is 17.6. The molecule has 0 spiro atoms. The summed E-state index contributed by atoms with van der Waals surface area (Å²) in [5, 5.41) is 12.6. The van der Waals surface area contributed by atoms with E-state index in [1.54, 1.807) is 6.07 Å². The molecule has 7 heteroatoms. The summed E-state index contributed by atoms with van der Waals surface area (Å²) in [5.74, 6) is 0.740. The Morgan fingerprint density at radius 3 is 2.83 bits per heavy atom. The maximum Gasteiger partial charge on any atom is 0.165 e. The highest BCUT2D eigenvalue weighted by molar-refractivity contribution is 6.11. The average molecular weight is 428 g/mol. The lowest BCUT2D eigenvalue weighted by Gasteiger charge is -2.31. The number of H-pyrrole nitrogens is 1. The molecule has 1 aliphatic rings. The molecule has 5 nitrogen and oxygen atoms in total. The normalized spacial score (nSPS) is 15.9. The van der Waals surface area contributed by atoms with Gasteiger partial charge in [0, 0.05) is 48.3 Å². The van der Waals surface area contributed by atoms with Gasteiger partial charge in [-0.15, -0.1) is 12.4 Å². The van der Waals surface area contributed by atoms with Crippen molar-refractivity contribution >= 4 is 40.0 Å². The Labute approximate surface area is 179 Å². The fourth-order valence-corrected chi connectivity index (χ4v) is 4.39. The molecule has 0 fully saturated rings. The van der Waals surface area contributed by atoms with Crippen LogP contribution in [0, 0.1) is 5.82 Å².